The van der Waals surface area contributed by atoms with E-state index in [1.165, 1.54) is 19.3 Å². The van der Waals surface area contributed by atoms with E-state index >= 15 is 0 Å². The molecule has 32 heavy (non-hydrogen) atoms. The van der Waals surface area contributed by atoms with Crippen molar-refractivity contribution in [3.05, 3.63) is 30.4 Å². The van der Waals surface area contributed by atoms with E-state index in [9.17, 15) is 9.59 Å². The van der Waals surface area contributed by atoms with Gasteiger partial charge >= 0.3 is 0 Å². The van der Waals surface area contributed by atoms with Crippen LogP contribution in [0.25, 0.3) is 11.4 Å². The van der Waals surface area contributed by atoms with Crippen LogP contribution in [0.4, 0.5) is 0 Å². The molecule has 172 valence electrons. The highest BCUT2D eigenvalue weighted by Gasteiger charge is 2.24. The summed E-state index contributed by atoms with van der Waals surface area (Å²) in [6, 6.07) is 3.74. The minimum Gasteiger partial charge on any atom is -0.356 e. The van der Waals surface area contributed by atoms with Gasteiger partial charge in [0.05, 0.1) is 0 Å². The van der Waals surface area contributed by atoms with Crippen LogP contribution in [-0.4, -0.2) is 51.5 Å². The van der Waals surface area contributed by atoms with E-state index in [0.29, 0.717) is 50.1 Å². The monoisotopic (exact) mass is 439 g/mol. The minimum absolute atomic E-state index is 0.0114. The second-order valence-electron chi connectivity index (χ2n) is 9.01. The molecule has 2 amide bonds. The van der Waals surface area contributed by atoms with Gasteiger partial charge in [-0.25, -0.2) is 0 Å². The number of hydrogen-bond donors (Lipinski definition) is 1. The van der Waals surface area contributed by atoms with Crippen LogP contribution in [-0.2, 0) is 9.59 Å². The Hall–Kier alpha value is -2.77. The third-order valence-corrected chi connectivity index (χ3v) is 6.66. The van der Waals surface area contributed by atoms with Crippen LogP contribution >= 0.6 is 0 Å². The zero-order chi connectivity index (χ0) is 22.2. The van der Waals surface area contributed by atoms with Crippen molar-refractivity contribution in [1.29, 1.82) is 0 Å². The van der Waals surface area contributed by atoms with Crippen molar-refractivity contribution in [2.24, 2.45) is 5.92 Å². The van der Waals surface area contributed by atoms with Gasteiger partial charge in [-0.05, 0) is 50.2 Å². The molecule has 1 saturated heterocycles. The molecule has 0 bridgehead atoms. The van der Waals surface area contributed by atoms with Gasteiger partial charge in [0.1, 0.15) is 0 Å². The van der Waals surface area contributed by atoms with Gasteiger partial charge < -0.3 is 14.7 Å². The van der Waals surface area contributed by atoms with E-state index in [2.05, 4.69) is 20.4 Å². The zero-order valence-corrected chi connectivity index (χ0v) is 18.7. The molecule has 2 aromatic heterocycles. The number of hydrogen-bond acceptors (Lipinski definition) is 6. The lowest BCUT2D eigenvalue weighted by molar-refractivity contribution is -0.133. The molecule has 0 aromatic carbocycles. The first-order chi connectivity index (χ1) is 15.7. The maximum Gasteiger partial charge on any atom is 0.230 e. The van der Waals surface area contributed by atoms with E-state index in [1.807, 2.05) is 17.0 Å². The van der Waals surface area contributed by atoms with Gasteiger partial charge in [0.15, 0.2) is 0 Å². The molecule has 8 nitrogen and oxygen atoms in total. The predicted molar refractivity (Wildman–Crippen MR) is 120 cm³/mol. The van der Waals surface area contributed by atoms with Gasteiger partial charge in [0.2, 0.25) is 23.5 Å². The Labute approximate surface area is 189 Å². The maximum absolute atomic E-state index is 13.0. The average Bonchev–Trinajstić information content (AvgIpc) is 3.30. The van der Waals surface area contributed by atoms with Crippen molar-refractivity contribution in [2.45, 2.75) is 70.1 Å². The Bertz CT molecular complexity index is 879. The summed E-state index contributed by atoms with van der Waals surface area (Å²) in [5.41, 5.74) is 0.812. The summed E-state index contributed by atoms with van der Waals surface area (Å²) in [4.78, 5) is 35.9. The number of nitrogens with one attached hydrogen (secondary N) is 1. The van der Waals surface area contributed by atoms with Crippen molar-refractivity contribution in [1.82, 2.24) is 25.3 Å². The third kappa shape index (κ3) is 6.14. The second-order valence-corrected chi connectivity index (χ2v) is 9.01. The van der Waals surface area contributed by atoms with Crippen molar-refractivity contribution in [3.63, 3.8) is 0 Å². The smallest absolute Gasteiger partial charge is 0.230 e. The molecule has 0 radical (unpaired) electrons. The van der Waals surface area contributed by atoms with Gasteiger partial charge in [-0.15, -0.1) is 0 Å². The number of pyridine rings is 1. The highest BCUT2D eigenvalue weighted by atomic mass is 16.5. The summed E-state index contributed by atoms with van der Waals surface area (Å²) in [5.74, 6) is 1.83. The lowest BCUT2D eigenvalue weighted by Gasteiger charge is -2.27. The van der Waals surface area contributed by atoms with Crippen LogP contribution in [0.2, 0.25) is 0 Å². The van der Waals surface area contributed by atoms with E-state index in [0.717, 1.165) is 37.7 Å². The average molecular weight is 440 g/mol. The van der Waals surface area contributed by atoms with Gasteiger partial charge in [0.25, 0.3) is 0 Å². The van der Waals surface area contributed by atoms with Crippen LogP contribution in [0.1, 0.15) is 76.0 Å². The van der Waals surface area contributed by atoms with Gasteiger partial charge in [-0.2, -0.15) is 4.98 Å². The third-order valence-electron chi connectivity index (χ3n) is 6.66. The quantitative estimate of drug-likeness (QED) is 0.779. The number of amides is 2. The van der Waals surface area contributed by atoms with Gasteiger partial charge in [-0.1, -0.05) is 24.4 Å². The molecule has 2 aromatic rings. The number of carbonyl (C=O) groups is 2. The van der Waals surface area contributed by atoms with Crippen molar-refractivity contribution >= 4 is 11.8 Å². The van der Waals surface area contributed by atoms with Crippen LogP contribution in [0.15, 0.2) is 29.0 Å². The highest BCUT2D eigenvalue weighted by Crippen LogP contribution is 2.28. The molecule has 4 rings (SSSR count). The Morgan fingerprint density at radius 3 is 2.81 bits per heavy atom. The maximum atomic E-state index is 13.0. The Balaban J connectivity index is 1.40. The topological polar surface area (TPSA) is 101 Å². The van der Waals surface area contributed by atoms with Crippen molar-refractivity contribution in [3.8, 4) is 11.4 Å². The first-order valence-electron chi connectivity index (χ1n) is 12.0. The van der Waals surface area contributed by atoms with Crippen LogP contribution in [0.3, 0.4) is 0 Å². The number of carbonyl (C=O) groups excluding carboxylic acids is 2. The second kappa shape index (κ2) is 11.2. The van der Waals surface area contributed by atoms with E-state index in [4.69, 9.17) is 4.52 Å². The first kappa shape index (κ1) is 22.4. The molecular formula is C24H33N5O3. The standard InChI is InChI=1S/C24H33N5O3/c30-21-11-15-29(22(31)16-18-6-2-1-3-7-18)14-5-9-19(10-13-26-21)24-27-23(28-32-24)20-8-4-12-25-17-20/h4,8,12,17-19H,1-3,5-7,9-11,13-16H2,(H,26,30). The summed E-state index contributed by atoms with van der Waals surface area (Å²) in [6.07, 6.45) is 12.8. The Kier molecular flexibility index (Phi) is 7.85. The summed E-state index contributed by atoms with van der Waals surface area (Å²) in [6.45, 7) is 1.72. The molecule has 1 atom stereocenters. The molecule has 0 spiro atoms. The lowest BCUT2D eigenvalue weighted by atomic mass is 9.86. The highest BCUT2D eigenvalue weighted by molar-refractivity contribution is 5.79. The number of rotatable bonds is 4. The molecule has 1 N–H and O–H groups in total. The fourth-order valence-electron chi connectivity index (χ4n) is 4.77. The van der Waals surface area contributed by atoms with Crippen LogP contribution < -0.4 is 5.32 Å². The summed E-state index contributed by atoms with van der Waals surface area (Å²) < 4.78 is 5.58. The summed E-state index contributed by atoms with van der Waals surface area (Å²) in [5, 5.41) is 7.10. The number of nitrogens with zero attached hydrogens (tertiary/aromatic N) is 4. The SMILES string of the molecule is O=C1CCN(C(=O)CC2CCCCC2)CCCC(c2nc(-c3cccnc3)no2)CCN1. The minimum atomic E-state index is -0.0114. The van der Waals surface area contributed by atoms with E-state index in [1.54, 1.807) is 12.4 Å². The van der Waals surface area contributed by atoms with Gasteiger partial charge in [-0.3, -0.25) is 14.6 Å². The van der Waals surface area contributed by atoms with Crippen LogP contribution in [0, 0.1) is 5.92 Å². The molecule has 1 unspecified atom stereocenters. The fourth-order valence-corrected chi connectivity index (χ4v) is 4.77. The lowest BCUT2D eigenvalue weighted by Crippen LogP contribution is -2.36. The van der Waals surface area contributed by atoms with Crippen molar-refractivity contribution < 1.29 is 14.1 Å². The number of aromatic nitrogens is 3. The zero-order valence-electron chi connectivity index (χ0n) is 18.7. The molecule has 1 saturated carbocycles. The van der Waals surface area contributed by atoms with E-state index < -0.39 is 0 Å². The van der Waals surface area contributed by atoms with Crippen molar-refractivity contribution in [2.75, 3.05) is 19.6 Å². The Morgan fingerprint density at radius 2 is 2.00 bits per heavy atom. The van der Waals surface area contributed by atoms with Crippen LogP contribution in [0.5, 0.6) is 0 Å². The van der Waals surface area contributed by atoms with E-state index in [-0.39, 0.29) is 17.7 Å². The molecule has 3 heterocycles. The molecule has 1 aliphatic carbocycles. The summed E-state index contributed by atoms with van der Waals surface area (Å²) >= 11 is 0. The fraction of sp³-hybridized carbons (Fsp3) is 0.625. The molecule has 2 aliphatic rings. The summed E-state index contributed by atoms with van der Waals surface area (Å²) in [7, 11) is 0. The normalized spacial score (nSPS) is 21.6. The molecule has 2 fully saturated rings. The molecule has 1 aliphatic heterocycles. The molecular weight excluding hydrogens is 406 g/mol. The first-order valence-corrected chi connectivity index (χ1v) is 12.0. The predicted octanol–water partition coefficient (Wildman–Crippen LogP) is 3.70. The molecule has 8 heteroatoms. The largest absolute Gasteiger partial charge is 0.356 e. The Morgan fingerprint density at radius 1 is 1.12 bits per heavy atom. The van der Waals surface area contributed by atoms with Gasteiger partial charge in [0, 0.05) is 56.4 Å².